The molecular weight excluding hydrogens is 361 g/mol. The summed E-state index contributed by atoms with van der Waals surface area (Å²) in [6.45, 7) is 1.13. The van der Waals surface area contributed by atoms with Crippen LogP contribution in [0.5, 0.6) is 0 Å². The maximum absolute atomic E-state index is 13.3. The van der Waals surface area contributed by atoms with Crippen LogP contribution in [-0.2, 0) is 19.5 Å². The highest BCUT2D eigenvalue weighted by Gasteiger charge is 2.17. The summed E-state index contributed by atoms with van der Waals surface area (Å²) in [5.74, 6) is -0.326. The monoisotopic (exact) mass is 381 g/mol. The van der Waals surface area contributed by atoms with Gasteiger partial charge in [0, 0.05) is 24.8 Å². The van der Waals surface area contributed by atoms with Gasteiger partial charge in [0.05, 0.1) is 12.1 Å². The summed E-state index contributed by atoms with van der Waals surface area (Å²) in [5, 5.41) is 4.54. The van der Waals surface area contributed by atoms with Crippen molar-refractivity contribution in [2.45, 2.75) is 25.9 Å². The lowest BCUT2D eigenvalue weighted by molar-refractivity contribution is 0.499. The van der Waals surface area contributed by atoms with Crippen LogP contribution in [0.3, 0.4) is 0 Å². The van der Waals surface area contributed by atoms with E-state index in [1.807, 2.05) is 29.8 Å². The molecule has 0 radical (unpaired) electrons. The highest BCUT2D eigenvalue weighted by Crippen LogP contribution is 2.24. The molecule has 0 saturated heterocycles. The molecule has 1 N–H and O–H groups in total. The maximum atomic E-state index is 13.3. The summed E-state index contributed by atoms with van der Waals surface area (Å²) >= 11 is 5.42. The Labute approximate surface area is 162 Å². The van der Waals surface area contributed by atoms with E-state index < -0.39 is 0 Å². The first-order valence-electron chi connectivity index (χ1n) is 8.95. The largest absolute Gasteiger partial charge is 0.348 e. The molecule has 0 aliphatic carbocycles. The Hall–Kier alpha value is -2.73. The van der Waals surface area contributed by atoms with Crippen molar-refractivity contribution in [2.24, 2.45) is 0 Å². The van der Waals surface area contributed by atoms with Crippen LogP contribution in [0, 0.1) is 5.82 Å². The Morgan fingerprint density at radius 1 is 1.26 bits per heavy atom. The molecule has 27 heavy (non-hydrogen) atoms. The topological polar surface area (TPSA) is 37.3 Å². The number of thiocarbonyl (C=S) groups is 1. The lowest BCUT2D eigenvalue weighted by Gasteiger charge is -2.24. The van der Waals surface area contributed by atoms with Crippen molar-refractivity contribution in [3.05, 3.63) is 75.8 Å². The third-order valence-electron chi connectivity index (χ3n) is 4.93. The van der Waals surface area contributed by atoms with Crippen molar-refractivity contribution in [3.8, 4) is 0 Å². The first kappa shape index (κ1) is 17.7. The molecule has 0 fully saturated rings. The Balaban J connectivity index is 1.61. The molecule has 4 rings (SSSR count). The predicted molar refractivity (Wildman–Crippen MR) is 111 cm³/mol. The van der Waals surface area contributed by atoms with Gasteiger partial charge in [-0.15, -0.1) is 0 Å². The minimum atomic E-state index is -0.326. The molecule has 0 bridgehead atoms. The average Bonchev–Trinajstić information content (AvgIpc) is 2.65. The summed E-state index contributed by atoms with van der Waals surface area (Å²) in [5.41, 5.74) is 3.61. The minimum absolute atomic E-state index is 0.0371. The van der Waals surface area contributed by atoms with E-state index in [1.165, 1.54) is 17.7 Å². The zero-order valence-electron chi connectivity index (χ0n) is 15.0. The van der Waals surface area contributed by atoms with Crippen LogP contribution >= 0.6 is 12.2 Å². The summed E-state index contributed by atoms with van der Waals surface area (Å²) < 4.78 is 15.2. The van der Waals surface area contributed by atoms with Gasteiger partial charge in [0.15, 0.2) is 5.11 Å². The van der Waals surface area contributed by atoms with Gasteiger partial charge in [-0.25, -0.2) is 4.39 Å². The van der Waals surface area contributed by atoms with E-state index in [9.17, 15) is 9.18 Å². The number of anilines is 1. The molecular formula is C21H20FN3OS. The second kappa shape index (κ2) is 7.12. The van der Waals surface area contributed by atoms with Crippen molar-refractivity contribution >= 4 is 33.9 Å². The van der Waals surface area contributed by atoms with E-state index in [0.717, 1.165) is 30.3 Å². The smallest absolute Gasteiger partial charge is 0.256 e. The van der Waals surface area contributed by atoms with Crippen LogP contribution in [0.15, 0.2) is 53.3 Å². The van der Waals surface area contributed by atoms with Crippen LogP contribution in [-0.4, -0.2) is 21.6 Å². The Morgan fingerprint density at radius 3 is 2.89 bits per heavy atom. The van der Waals surface area contributed by atoms with Crippen LogP contribution in [0.2, 0.25) is 0 Å². The van der Waals surface area contributed by atoms with Crippen LogP contribution in [0.25, 0.3) is 10.9 Å². The molecule has 0 atom stereocenters. The molecule has 0 spiro atoms. The fourth-order valence-electron chi connectivity index (χ4n) is 3.65. The Kier molecular flexibility index (Phi) is 4.66. The number of hydrogen-bond donors (Lipinski definition) is 1. The van der Waals surface area contributed by atoms with Crippen molar-refractivity contribution in [2.75, 3.05) is 12.4 Å². The van der Waals surface area contributed by atoms with Gasteiger partial charge in [-0.1, -0.05) is 24.3 Å². The molecule has 4 nitrogen and oxygen atoms in total. The normalized spacial score (nSPS) is 12.8. The first-order chi connectivity index (χ1) is 13.0. The molecule has 2 aromatic carbocycles. The summed E-state index contributed by atoms with van der Waals surface area (Å²) in [6, 6.07) is 14.3. The number of para-hydroxylation sites is 1. The van der Waals surface area contributed by atoms with Crippen molar-refractivity contribution in [1.82, 2.24) is 9.47 Å². The van der Waals surface area contributed by atoms with Gasteiger partial charge in [-0.3, -0.25) is 4.79 Å². The predicted octanol–water partition coefficient (Wildman–Crippen LogP) is 3.92. The number of rotatable bonds is 3. The summed E-state index contributed by atoms with van der Waals surface area (Å²) in [6.07, 6.45) is 1.99. The molecule has 1 aliphatic heterocycles. The van der Waals surface area contributed by atoms with Crippen molar-refractivity contribution in [3.63, 3.8) is 0 Å². The number of aromatic nitrogens is 1. The molecule has 1 aliphatic rings. The first-order valence-corrected chi connectivity index (χ1v) is 9.36. The number of halogens is 1. The zero-order chi connectivity index (χ0) is 19.0. The minimum Gasteiger partial charge on any atom is -0.348 e. The van der Waals surface area contributed by atoms with Gasteiger partial charge in [0.25, 0.3) is 5.56 Å². The van der Waals surface area contributed by atoms with E-state index in [-0.39, 0.29) is 11.4 Å². The number of nitrogens with zero attached hydrogens (tertiary/aromatic N) is 2. The number of hydrogen-bond acceptors (Lipinski definition) is 2. The van der Waals surface area contributed by atoms with E-state index in [2.05, 4.69) is 11.4 Å². The number of aryl methyl sites for hydroxylation is 2. The Morgan fingerprint density at radius 2 is 2.07 bits per heavy atom. The van der Waals surface area contributed by atoms with E-state index in [1.54, 1.807) is 17.0 Å². The van der Waals surface area contributed by atoms with Gasteiger partial charge in [-0.05, 0) is 60.3 Å². The van der Waals surface area contributed by atoms with Gasteiger partial charge in [0.1, 0.15) is 5.82 Å². The van der Waals surface area contributed by atoms with Crippen LogP contribution in [0.1, 0.15) is 17.5 Å². The van der Waals surface area contributed by atoms with E-state index in [4.69, 9.17) is 12.2 Å². The molecule has 0 unspecified atom stereocenters. The second-order valence-corrected chi connectivity index (χ2v) is 7.27. The number of pyridine rings is 1. The molecule has 0 saturated carbocycles. The number of benzene rings is 2. The zero-order valence-corrected chi connectivity index (χ0v) is 15.9. The van der Waals surface area contributed by atoms with Gasteiger partial charge in [0.2, 0.25) is 0 Å². The quantitative estimate of drug-likeness (QED) is 0.698. The van der Waals surface area contributed by atoms with Crippen molar-refractivity contribution < 1.29 is 4.39 Å². The van der Waals surface area contributed by atoms with E-state index in [0.29, 0.717) is 22.9 Å². The molecule has 0 amide bonds. The second-order valence-electron chi connectivity index (χ2n) is 6.88. The van der Waals surface area contributed by atoms with Crippen LogP contribution in [0.4, 0.5) is 10.1 Å². The van der Waals surface area contributed by atoms with Crippen molar-refractivity contribution in [1.29, 1.82) is 0 Å². The molecule has 3 aromatic rings. The van der Waals surface area contributed by atoms with Gasteiger partial charge in [-0.2, -0.15) is 0 Å². The van der Waals surface area contributed by atoms with Crippen LogP contribution < -0.4 is 10.9 Å². The average molecular weight is 381 g/mol. The fraction of sp³-hybridized carbons (Fsp3) is 0.238. The summed E-state index contributed by atoms with van der Waals surface area (Å²) in [4.78, 5) is 14.8. The maximum Gasteiger partial charge on any atom is 0.256 e. The lowest BCUT2D eigenvalue weighted by atomic mass is 10.00. The molecule has 138 valence electrons. The standard InChI is InChI=1S/C21H20FN3OS/c1-24(21(27)23-18-9-3-8-17(22)12-18)13-16-11-15-6-2-5-14-7-4-10-25(19(14)15)20(16)26/h2-3,5-6,8-9,11-12H,4,7,10,13H2,1H3,(H,23,27). The lowest BCUT2D eigenvalue weighted by Crippen LogP contribution is -2.35. The molecule has 2 heterocycles. The highest BCUT2D eigenvalue weighted by atomic mass is 32.1. The van der Waals surface area contributed by atoms with E-state index >= 15 is 0 Å². The third kappa shape index (κ3) is 3.45. The third-order valence-corrected chi connectivity index (χ3v) is 5.34. The fourth-order valence-corrected chi connectivity index (χ4v) is 3.83. The number of nitrogens with one attached hydrogen (secondary N) is 1. The van der Waals surface area contributed by atoms with Gasteiger partial charge >= 0.3 is 0 Å². The molecule has 1 aromatic heterocycles. The summed E-state index contributed by atoms with van der Waals surface area (Å²) in [7, 11) is 1.82. The SMILES string of the molecule is CN(Cc1cc2cccc3c2n(c1=O)CCC3)C(=S)Nc1cccc(F)c1. The Bertz CT molecular complexity index is 1090. The van der Waals surface area contributed by atoms with Gasteiger partial charge < -0.3 is 14.8 Å². The molecule has 6 heteroatoms. The highest BCUT2D eigenvalue weighted by molar-refractivity contribution is 7.80.